The minimum absolute atomic E-state index is 0.00321. The van der Waals surface area contributed by atoms with Crippen LogP contribution in [-0.4, -0.2) is 32.3 Å². The van der Waals surface area contributed by atoms with E-state index >= 15 is 0 Å². The molecule has 0 saturated carbocycles. The van der Waals surface area contributed by atoms with Crippen LogP contribution in [0.2, 0.25) is 0 Å². The first-order valence-electron chi connectivity index (χ1n) is 13.4. The summed E-state index contributed by atoms with van der Waals surface area (Å²) in [4.78, 5) is 14.9. The van der Waals surface area contributed by atoms with Crippen LogP contribution in [0.1, 0.15) is 60.6 Å². The van der Waals surface area contributed by atoms with Crippen LogP contribution in [0.3, 0.4) is 0 Å². The van der Waals surface area contributed by atoms with E-state index in [4.69, 9.17) is 9.47 Å². The Kier molecular flexibility index (Phi) is 7.66. The van der Waals surface area contributed by atoms with Crippen molar-refractivity contribution in [2.45, 2.75) is 45.3 Å². The summed E-state index contributed by atoms with van der Waals surface area (Å²) in [6.45, 7) is 7.92. The van der Waals surface area contributed by atoms with E-state index in [0.29, 0.717) is 12.1 Å². The van der Waals surface area contributed by atoms with Crippen molar-refractivity contribution in [1.29, 1.82) is 0 Å². The predicted octanol–water partition coefficient (Wildman–Crippen LogP) is 7.39. The van der Waals surface area contributed by atoms with Crippen molar-refractivity contribution in [3.8, 4) is 5.75 Å². The highest BCUT2D eigenvalue weighted by Crippen LogP contribution is 2.39. The summed E-state index contributed by atoms with van der Waals surface area (Å²) in [6.07, 6.45) is 0.858. The Hall–Kier alpha value is -3.83. The Balaban J connectivity index is 1.34. The molecule has 1 N–H and O–H groups in total. The van der Waals surface area contributed by atoms with Gasteiger partial charge in [-0.3, -0.25) is 0 Å². The number of ether oxygens (including phenoxy) is 2. The Labute approximate surface area is 225 Å². The van der Waals surface area contributed by atoms with E-state index in [1.807, 2.05) is 30.3 Å². The highest BCUT2D eigenvalue weighted by molar-refractivity contribution is 5.93. The number of hydrogen-bond acceptors (Lipinski definition) is 5. The second-order valence-corrected chi connectivity index (χ2v) is 10.3. The van der Waals surface area contributed by atoms with E-state index in [2.05, 4.69) is 85.6 Å². The number of fused-ring (bicyclic) bond motifs is 2. The second kappa shape index (κ2) is 11.3. The maximum atomic E-state index is 12.6. The monoisotopic (exact) mass is 508 g/mol. The summed E-state index contributed by atoms with van der Waals surface area (Å²) in [5.74, 6) is 0.774. The molecule has 1 heterocycles. The summed E-state index contributed by atoms with van der Waals surface area (Å²) in [5.41, 5.74) is 4.89. The largest absolute Gasteiger partial charge is 0.486 e. The lowest BCUT2D eigenvalue weighted by molar-refractivity contribution is 0.0599. The summed E-state index contributed by atoms with van der Waals surface area (Å²) in [7, 11) is 1.44. The van der Waals surface area contributed by atoms with Crippen molar-refractivity contribution >= 4 is 28.1 Å². The molecule has 2 atom stereocenters. The molecule has 196 valence electrons. The van der Waals surface area contributed by atoms with Gasteiger partial charge in [0.05, 0.1) is 24.9 Å². The Morgan fingerprint density at radius 2 is 1.74 bits per heavy atom. The van der Waals surface area contributed by atoms with Crippen molar-refractivity contribution in [3.05, 3.63) is 102 Å². The lowest BCUT2D eigenvalue weighted by Crippen LogP contribution is -2.39. The maximum Gasteiger partial charge on any atom is 0.338 e. The lowest BCUT2D eigenvalue weighted by Gasteiger charge is -2.37. The van der Waals surface area contributed by atoms with Crippen molar-refractivity contribution in [2.75, 3.05) is 25.1 Å². The van der Waals surface area contributed by atoms with Crippen molar-refractivity contribution in [2.24, 2.45) is 0 Å². The molecule has 4 aromatic carbocycles. The summed E-state index contributed by atoms with van der Waals surface area (Å²) in [5, 5.41) is 6.26. The molecule has 4 aromatic rings. The van der Waals surface area contributed by atoms with Gasteiger partial charge in [-0.1, -0.05) is 74.5 Å². The van der Waals surface area contributed by atoms with Crippen LogP contribution in [0.4, 0.5) is 11.4 Å². The fourth-order valence-corrected chi connectivity index (χ4v) is 5.39. The third-order valence-corrected chi connectivity index (χ3v) is 7.42. The minimum Gasteiger partial charge on any atom is -0.486 e. The Morgan fingerprint density at radius 1 is 0.974 bits per heavy atom. The number of hydrogen-bond donors (Lipinski definition) is 1. The molecule has 0 radical (unpaired) electrons. The van der Waals surface area contributed by atoms with Crippen molar-refractivity contribution in [1.82, 2.24) is 5.32 Å². The molecule has 0 spiro atoms. The molecule has 0 aromatic heterocycles. The number of carbonyl (C=O) groups is 1. The van der Waals surface area contributed by atoms with E-state index in [0.717, 1.165) is 35.7 Å². The maximum absolute atomic E-state index is 12.6. The van der Waals surface area contributed by atoms with E-state index < -0.39 is 0 Å². The third-order valence-electron chi connectivity index (χ3n) is 7.42. The van der Waals surface area contributed by atoms with E-state index in [-0.39, 0.29) is 24.0 Å². The van der Waals surface area contributed by atoms with Gasteiger partial charge in [0.15, 0.2) is 0 Å². The van der Waals surface area contributed by atoms with Crippen LogP contribution in [0.15, 0.2) is 84.9 Å². The van der Waals surface area contributed by atoms with Crippen molar-refractivity contribution in [3.63, 3.8) is 0 Å². The number of para-hydroxylation sites is 2. The molecule has 5 nitrogen and oxygen atoms in total. The number of carbonyl (C=O) groups excluding carboxylic acids is 1. The number of nitrogens with zero attached hydrogens (tertiary/aromatic N) is 1. The molecule has 5 rings (SSSR count). The molecule has 5 heteroatoms. The number of methoxy groups -OCH3 is 1. The second-order valence-electron chi connectivity index (χ2n) is 10.3. The van der Waals surface area contributed by atoms with Gasteiger partial charge in [-0.15, -0.1) is 0 Å². The molecule has 0 aliphatic carbocycles. The zero-order chi connectivity index (χ0) is 26.6. The zero-order valence-electron chi connectivity index (χ0n) is 22.6. The van der Waals surface area contributed by atoms with Gasteiger partial charge in [0.25, 0.3) is 0 Å². The molecule has 1 aliphatic rings. The van der Waals surface area contributed by atoms with Gasteiger partial charge in [-0.25, -0.2) is 4.79 Å². The Morgan fingerprint density at radius 3 is 2.55 bits per heavy atom. The lowest BCUT2D eigenvalue weighted by atomic mass is 9.96. The SMILES string of the molecule is COC(=O)c1cc(N2CC(CCN[C@H](C)c3cccc4ccccc34)Oc3ccccc32)ccc1C(C)C. The highest BCUT2D eigenvalue weighted by Gasteiger charge is 2.28. The Bertz CT molecular complexity index is 1430. The minimum atomic E-state index is -0.305. The molecule has 0 saturated heterocycles. The van der Waals surface area contributed by atoms with Crippen LogP contribution < -0.4 is 15.0 Å². The van der Waals surface area contributed by atoms with Gasteiger partial charge in [-0.05, 0) is 72.0 Å². The molecule has 0 bridgehead atoms. The summed E-state index contributed by atoms with van der Waals surface area (Å²) >= 11 is 0. The van der Waals surface area contributed by atoms with Crippen LogP contribution >= 0.6 is 0 Å². The topological polar surface area (TPSA) is 50.8 Å². The first-order valence-corrected chi connectivity index (χ1v) is 13.4. The van der Waals surface area contributed by atoms with E-state index in [1.54, 1.807) is 0 Å². The number of esters is 1. The normalized spacial score (nSPS) is 15.7. The molecule has 0 amide bonds. The molecular formula is C33H36N2O3. The summed E-state index contributed by atoms with van der Waals surface area (Å²) < 4.78 is 11.5. The number of nitrogens with one attached hydrogen (secondary N) is 1. The van der Waals surface area contributed by atoms with Gasteiger partial charge in [0, 0.05) is 11.7 Å². The van der Waals surface area contributed by atoms with Gasteiger partial charge >= 0.3 is 5.97 Å². The number of rotatable bonds is 8. The quantitative estimate of drug-likeness (QED) is 0.252. The van der Waals surface area contributed by atoms with Gasteiger partial charge < -0.3 is 19.7 Å². The smallest absolute Gasteiger partial charge is 0.338 e. The number of benzene rings is 4. The third kappa shape index (κ3) is 5.25. The van der Waals surface area contributed by atoms with Crippen LogP contribution in [-0.2, 0) is 4.74 Å². The first-order chi connectivity index (χ1) is 18.5. The van der Waals surface area contributed by atoms with Crippen LogP contribution in [0.5, 0.6) is 5.75 Å². The van der Waals surface area contributed by atoms with E-state index in [9.17, 15) is 4.79 Å². The van der Waals surface area contributed by atoms with Gasteiger partial charge in [-0.2, -0.15) is 0 Å². The standard InChI is InChI=1S/C33H36N2O3/c1-22(2)27-17-16-25(20-30(27)33(36)37-4)35-21-26(38-32-15-8-7-14-31(32)35)18-19-34-23(3)28-13-9-11-24-10-5-6-12-29(24)28/h5-17,20,22-23,26,34H,18-19,21H2,1-4H3/t23-,26?/m1/s1. The number of anilines is 2. The van der Waals surface area contributed by atoms with Crippen LogP contribution in [0.25, 0.3) is 10.8 Å². The van der Waals surface area contributed by atoms with E-state index in [1.165, 1.54) is 23.4 Å². The van der Waals surface area contributed by atoms with Gasteiger partial charge in [0.1, 0.15) is 11.9 Å². The molecule has 38 heavy (non-hydrogen) atoms. The molecule has 1 unspecified atom stereocenters. The fraction of sp³-hybridized carbons (Fsp3) is 0.303. The highest BCUT2D eigenvalue weighted by atomic mass is 16.5. The summed E-state index contributed by atoms with van der Waals surface area (Å²) in [6, 6.07) is 29.5. The van der Waals surface area contributed by atoms with Gasteiger partial charge in [0.2, 0.25) is 0 Å². The predicted molar refractivity (Wildman–Crippen MR) is 155 cm³/mol. The average Bonchev–Trinajstić information content (AvgIpc) is 2.95. The fourth-order valence-electron chi connectivity index (χ4n) is 5.39. The first kappa shape index (κ1) is 25.8. The van der Waals surface area contributed by atoms with Crippen LogP contribution in [0, 0.1) is 0 Å². The molecule has 1 aliphatic heterocycles. The zero-order valence-corrected chi connectivity index (χ0v) is 22.6. The average molecular weight is 509 g/mol. The molecular weight excluding hydrogens is 472 g/mol. The molecule has 0 fully saturated rings. The van der Waals surface area contributed by atoms with Crippen molar-refractivity contribution < 1.29 is 14.3 Å².